The Labute approximate surface area is 114 Å². The monoisotopic (exact) mass is 269 g/mol. The van der Waals surface area contributed by atoms with Crippen molar-refractivity contribution in [2.24, 2.45) is 0 Å². The first-order chi connectivity index (χ1) is 9.11. The molecular formula is C13H23N3O3. The van der Waals surface area contributed by atoms with Crippen molar-refractivity contribution in [3.63, 3.8) is 0 Å². The van der Waals surface area contributed by atoms with E-state index < -0.39 is 0 Å². The lowest BCUT2D eigenvalue weighted by Crippen LogP contribution is -2.45. The van der Waals surface area contributed by atoms with Crippen LogP contribution in [-0.2, 0) is 14.3 Å². The number of methoxy groups -OCH3 is 1. The van der Waals surface area contributed by atoms with E-state index in [9.17, 15) is 9.59 Å². The molecule has 1 N–H and O–H groups in total. The summed E-state index contributed by atoms with van der Waals surface area (Å²) in [7, 11) is 1.68. The number of rotatable bonds is 2. The zero-order valence-electron chi connectivity index (χ0n) is 11.7. The van der Waals surface area contributed by atoms with Crippen molar-refractivity contribution < 1.29 is 14.3 Å². The van der Waals surface area contributed by atoms with Gasteiger partial charge in [-0.25, -0.2) is 0 Å². The molecule has 6 nitrogen and oxygen atoms in total. The normalized spacial score (nSPS) is 28.3. The fraction of sp³-hybridized carbons (Fsp3) is 0.846. The molecule has 108 valence electrons. The minimum Gasteiger partial charge on any atom is -0.380 e. The van der Waals surface area contributed by atoms with E-state index in [1.165, 1.54) is 0 Å². The Morgan fingerprint density at radius 2 is 1.84 bits per heavy atom. The summed E-state index contributed by atoms with van der Waals surface area (Å²) in [5, 5.41) is 3.21. The van der Waals surface area contributed by atoms with Crippen LogP contribution >= 0.6 is 0 Å². The number of nitrogens with zero attached hydrogens (tertiary/aromatic N) is 2. The van der Waals surface area contributed by atoms with E-state index in [-0.39, 0.29) is 24.0 Å². The molecule has 2 aliphatic rings. The van der Waals surface area contributed by atoms with Crippen LogP contribution < -0.4 is 5.32 Å². The summed E-state index contributed by atoms with van der Waals surface area (Å²) in [4.78, 5) is 27.4. The molecule has 2 saturated heterocycles. The standard InChI is InChI=1S/C13H23N3O3/c1-10(17)15-4-3-5-16(7-6-15)13(18)12-8-11(19-2)9-14-12/h11-12,14H,3-9H2,1-2H3. The highest BCUT2D eigenvalue weighted by Gasteiger charge is 2.32. The summed E-state index contributed by atoms with van der Waals surface area (Å²) in [6.45, 7) is 5.07. The summed E-state index contributed by atoms with van der Waals surface area (Å²) in [5.74, 6) is 0.234. The molecule has 0 aliphatic carbocycles. The maximum absolute atomic E-state index is 12.4. The van der Waals surface area contributed by atoms with Crippen molar-refractivity contribution in [1.29, 1.82) is 0 Å². The lowest BCUT2D eigenvalue weighted by Gasteiger charge is -2.24. The smallest absolute Gasteiger partial charge is 0.239 e. The first-order valence-corrected chi connectivity index (χ1v) is 6.92. The van der Waals surface area contributed by atoms with Gasteiger partial charge in [-0.1, -0.05) is 0 Å². The molecule has 0 spiro atoms. The number of ether oxygens (including phenoxy) is 1. The van der Waals surface area contributed by atoms with Crippen molar-refractivity contribution in [3.8, 4) is 0 Å². The average molecular weight is 269 g/mol. The van der Waals surface area contributed by atoms with Crippen LogP contribution in [-0.4, -0.2) is 73.6 Å². The second-order valence-corrected chi connectivity index (χ2v) is 5.24. The molecule has 2 fully saturated rings. The molecule has 19 heavy (non-hydrogen) atoms. The highest BCUT2D eigenvalue weighted by Crippen LogP contribution is 2.13. The van der Waals surface area contributed by atoms with E-state index in [2.05, 4.69) is 5.32 Å². The molecule has 2 heterocycles. The van der Waals surface area contributed by atoms with Crippen LogP contribution in [0, 0.1) is 0 Å². The van der Waals surface area contributed by atoms with Crippen molar-refractivity contribution in [1.82, 2.24) is 15.1 Å². The van der Waals surface area contributed by atoms with Gasteiger partial charge in [0.25, 0.3) is 0 Å². The Bertz CT molecular complexity index is 348. The summed E-state index contributed by atoms with van der Waals surface area (Å²) in [6.07, 6.45) is 1.73. The van der Waals surface area contributed by atoms with Crippen LogP contribution in [0.4, 0.5) is 0 Å². The molecule has 0 aromatic carbocycles. The van der Waals surface area contributed by atoms with Gasteiger partial charge in [-0.15, -0.1) is 0 Å². The van der Waals surface area contributed by atoms with Crippen LogP contribution in [0.25, 0.3) is 0 Å². The zero-order chi connectivity index (χ0) is 13.8. The SMILES string of the molecule is COC1CNC(C(=O)N2CCCN(C(C)=O)CC2)C1. The summed E-state index contributed by atoms with van der Waals surface area (Å²) >= 11 is 0. The third-order valence-electron chi connectivity index (χ3n) is 3.97. The molecule has 6 heteroatoms. The van der Waals surface area contributed by atoms with E-state index >= 15 is 0 Å². The molecule has 0 saturated carbocycles. The first kappa shape index (κ1) is 14.3. The van der Waals surface area contributed by atoms with Gasteiger partial charge in [0, 0.05) is 46.8 Å². The average Bonchev–Trinajstić information content (AvgIpc) is 2.74. The summed E-state index contributed by atoms with van der Waals surface area (Å²) in [6, 6.07) is -0.131. The first-order valence-electron chi connectivity index (χ1n) is 6.92. The number of nitrogens with one attached hydrogen (secondary N) is 1. The van der Waals surface area contributed by atoms with Crippen molar-refractivity contribution in [2.45, 2.75) is 31.9 Å². The number of carbonyl (C=O) groups is 2. The van der Waals surface area contributed by atoms with Gasteiger partial charge < -0.3 is 19.9 Å². The van der Waals surface area contributed by atoms with Crippen molar-refractivity contribution in [3.05, 3.63) is 0 Å². The Morgan fingerprint density at radius 3 is 2.47 bits per heavy atom. The molecular weight excluding hydrogens is 246 g/mol. The minimum atomic E-state index is -0.131. The third kappa shape index (κ3) is 3.45. The molecule has 2 aliphatic heterocycles. The maximum atomic E-state index is 12.4. The Kier molecular flexibility index (Phi) is 4.76. The van der Waals surface area contributed by atoms with Gasteiger partial charge in [-0.3, -0.25) is 9.59 Å². The fourth-order valence-electron chi connectivity index (χ4n) is 2.74. The predicted octanol–water partition coefficient (Wildman–Crippen LogP) is -0.556. The second kappa shape index (κ2) is 6.34. The van der Waals surface area contributed by atoms with Crippen molar-refractivity contribution in [2.75, 3.05) is 39.8 Å². The predicted molar refractivity (Wildman–Crippen MR) is 70.7 cm³/mol. The van der Waals surface area contributed by atoms with E-state index in [0.29, 0.717) is 13.1 Å². The Balaban J connectivity index is 1.88. The molecule has 2 unspecified atom stereocenters. The molecule has 2 rings (SSSR count). The molecule has 0 aromatic rings. The van der Waals surface area contributed by atoms with Gasteiger partial charge in [0.1, 0.15) is 0 Å². The minimum absolute atomic E-state index is 0.0905. The summed E-state index contributed by atoms with van der Waals surface area (Å²) in [5.41, 5.74) is 0. The van der Waals surface area contributed by atoms with Crippen LogP contribution in [0.3, 0.4) is 0 Å². The van der Waals surface area contributed by atoms with E-state index in [1.807, 2.05) is 9.80 Å². The lowest BCUT2D eigenvalue weighted by atomic mass is 10.1. The Hall–Kier alpha value is -1.14. The third-order valence-corrected chi connectivity index (χ3v) is 3.97. The van der Waals surface area contributed by atoms with Crippen molar-refractivity contribution >= 4 is 11.8 Å². The number of carbonyl (C=O) groups excluding carboxylic acids is 2. The lowest BCUT2D eigenvalue weighted by molar-refractivity contribution is -0.134. The summed E-state index contributed by atoms with van der Waals surface area (Å²) < 4.78 is 5.27. The van der Waals surface area contributed by atoms with Crippen LogP contribution in [0.2, 0.25) is 0 Å². The second-order valence-electron chi connectivity index (χ2n) is 5.24. The zero-order valence-corrected chi connectivity index (χ0v) is 11.7. The quantitative estimate of drug-likeness (QED) is 0.730. The molecule has 0 radical (unpaired) electrons. The van der Waals surface area contributed by atoms with E-state index in [1.54, 1.807) is 14.0 Å². The molecule has 2 atom stereocenters. The van der Waals surface area contributed by atoms with Gasteiger partial charge in [-0.2, -0.15) is 0 Å². The molecule has 0 aromatic heterocycles. The molecule has 0 bridgehead atoms. The van der Waals surface area contributed by atoms with Gasteiger partial charge in [0.15, 0.2) is 0 Å². The number of amides is 2. The van der Waals surface area contributed by atoms with Gasteiger partial charge in [0.05, 0.1) is 12.1 Å². The van der Waals surface area contributed by atoms with Crippen LogP contribution in [0.5, 0.6) is 0 Å². The number of hydrogen-bond acceptors (Lipinski definition) is 4. The maximum Gasteiger partial charge on any atom is 0.239 e. The highest BCUT2D eigenvalue weighted by atomic mass is 16.5. The fourth-order valence-corrected chi connectivity index (χ4v) is 2.74. The van der Waals surface area contributed by atoms with Gasteiger partial charge in [-0.05, 0) is 12.8 Å². The van der Waals surface area contributed by atoms with Crippen LogP contribution in [0.1, 0.15) is 19.8 Å². The largest absolute Gasteiger partial charge is 0.380 e. The highest BCUT2D eigenvalue weighted by molar-refractivity contribution is 5.82. The van der Waals surface area contributed by atoms with Gasteiger partial charge in [0.2, 0.25) is 11.8 Å². The number of hydrogen-bond donors (Lipinski definition) is 1. The molecule has 2 amide bonds. The van der Waals surface area contributed by atoms with E-state index in [0.717, 1.165) is 32.5 Å². The topological polar surface area (TPSA) is 61.9 Å². The van der Waals surface area contributed by atoms with Crippen LogP contribution in [0.15, 0.2) is 0 Å². The van der Waals surface area contributed by atoms with Gasteiger partial charge >= 0.3 is 0 Å². The Morgan fingerprint density at radius 1 is 1.16 bits per heavy atom. The van der Waals surface area contributed by atoms with E-state index in [4.69, 9.17) is 4.74 Å².